The Morgan fingerprint density at radius 2 is 1.76 bits per heavy atom. The third-order valence-corrected chi connectivity index (χ3v) is 2.72. The molecule has 1 N–H and O–H groups in total. The molecule has 0 bridgehead atoms. The molecular formula is C13H17NO3. The van der Waals surface area contributed by atoms with Gasteiger partial charge in [0.25, 0.3) is 5.91 Å². The minimum atomic E-state index is -0.368. The summed E-state index contributed by atoms with van der Waals surface area (Å²) in [6.45, 7) is 3.50. The summed E-state index contributed by atoms with van der Waals surface area (Å²) in [4.78, 5) is 23.1. The van der Waals surface area contributed by atoms with Crippen LogP contribution in [0, 0.1) is 5.92 Å². The van der Waals surface area contributed by atoms with Crippen molar-refractivity contribution in [3.05, 3.63) is 35.9 Å². The summed E-state index contributed by atoms with van der Waals surface area (Å²) in [7, 11) is 1.34. The van der Waals surface area contributed by atoms with Gasteiger partial charge in [0.2, 0.25) is 0 Å². The lowest BCUT2D eigenvalue weighted by Gasteiger charge is -2.19. The average Bonchev–Trinajstić information content (AvgIpc) is 2.37. The molecule has 1 rings (SSSR count). The lowest BCUT2D eigenvalue weighted by atomic mass is 10.0. The molecule has 2 atom stereocenters. The second-order valence-corrected chi connectivity index (χ2v) is 3.94. The first kappa shape index (κ1) is 13.2. The Hall–Kier alpha value is -1.84. The Labute approximate surface area is 101 Å². The van der Waals surface area contributed by atoms with Gasteiger partial charge >= 0.3 is 5.97 Å². The van der Waals surface area contributed by atoms with Crippen LogP contribution in [0.1, 0.15) is 24.2 Å². The zero-order chi connectivity index (χ0) is 12.8. The van der Waals surface area contributed by atoms with E-state index in [0.29, 0.717) is 5.56 Å². The monoisotopic (exact) mass is 235 g/mol. The SMILES string of the molecule is COC(=O)[C@H](C)[C@H](C)NC(=O)c1ccccc1. The standard InChI is InChI=1S/C13H17NO3/c1-9(13(16)17-3)10(2)14-12(15)11-7-5-4-6-8-11/h4-10H,1-3H3,(H,14,15)/t9-,10+/m1/s1. The van der Waals surface area contributed by atoms with Crippen molar-refractivity contribution in [3.63, 3.8) is 0 Å². The highest BCUT2D eigenvalue weighted by atomic mass is 16.5. The fourth-order valence-corrected chi connectivity index (χ4v) is 1.39. The van der Waals surface area contributed by atoms with Crippen LogP contribution in [0.15, 0.2) is 30.3 Å². The predicted molar refractivity (Wildman–Crippen MR) is 64.6 cm³/mol. The van der Waals surface area contributed by atoms with Gasteiger partial charge in [0.05, 0.1) is 13.0 Å². The third kappa shape index (κ3) is 3.59. The Balaban J connectivity index is 2.60. The van der Waals surface area contributed by atoms with Crippen LogP contribution in [0.25, 0.3) is 0 Å². The molecule has 0 aliphatic carbocycles. The van der Waals surface area contributed by atoms with Gasteiger partial charge < -0.3 is 10.1 Å². The van der Waals surface area contributed by atoms with E-state index < -0.39 is 0 Å². The van der Waals surface area contributed by atoms with Crippen molar-refractivity contribution in [2.75, 3.05) is 7.11 Å². The molecule has 4 heteroatoms. The summed E-state index contributed by atoms with van der Waals surface area (Å²) in [6, 6.07) is 8.62. The second kappa shape index (κ2) is 6.03. The van der Waals surface area contributed by atoms with Crippen molar-refractivity contribution in [2.24, 2.45) is 5.92 Å². The quantitative estimate of drug-likeness (QED) is 0.807. The molecule has 0 aliphatic rings. The number of nitrogens with one attached hydrogen (secondary N) is 1. The maximum atomic E-state index is 11.8. The molecule has 92 valence electrons. The topological polar surface area (TPSA) is 55.4 Å². The molecule has 0 saturated heterocycles. The van der Waals surface area contributed by atoms with E-state index >= 15 is 0 Å². The van der Waals surface area contributed by atoms with Crippen molar-refractivity contribution in [1.82, 2.24) is 5.32 Å². The molecule has 1 amide bonds. The summed E-state index contributed by atoms with van der Waals surface area (Å²) in [6.07, 6.45) is 0. The number of carbonyl (C=O) groups excluding carboxylic acids is 2. The molecule has 1 aromatic carbocycles. The number of rotatable bonds is 4. The summed E-state index contributed by atoms with van der Waals surface area (Å²) in [5.41, 5.74) is 0.580. The summed E-state index contributed by atoms with van der Waals surface area (Å²) < 4.78 is 4.63. The first-order valence-electron chi connectivity index (χ1n) is 5.50. The van der Waals surface area contributed by atoms with Crippen LogP contribution in [0.2, 0.25) is 0 Å². The Morgan fingerprint density at radius 1 is 1.18 bits per heavy atom. The van der Waals surface area contributed by atoms with E-state index in [1.807, 2.05) is 6.07 Å². The van der Waals surface area contributed by atoms with Gasteiger partial charge in [-0.15, -0.1) is 0 Å². The number of hydrogen-bond acceptors (Lipinski definition) is 3. The van der Waals surface area contributed by atoms with Crippen LogP contribution < -0.4 is 5.32 Å². The highest BCUT2D eigenvalue weighted by molar-refractivity contribution is 5.94. The van der Waals surface area contributed by atoms with E-state index in [1.165, 1.54) is 7.11 Å². The molecule has 17 heavy (non-hydrogen) atoms. The molecule has 0 spiro atoms. The van der Waals surface area contributed by atoms with Gasteiger partial charge in [0, 0.05) is 11.6 Å². The Kier molecular flexibility index (Phi) is 4.69. The molecule has 0 saturated carbocycles. The van der Waals surface area contributed by atoms with Crippen LogP contribution in [-0.2, 0) is 9.53 Å². The van der Waals surface area contributed by atoms with E-state index in [1.54, 1.807) is 38.1 Å². The van der Waals surface area contributed by atoms with Gasteiger partial charge in [-0.25, -0.2) is 0 Å². The molecule has 0 aliphatic heterocycles. The van der Waals surface area contributed by atoms with Crippen molar-refractivity contribution in [3.8, 4) is 0 Å². The van der Waals surface area contributed by atoms with Gasteiger partial charge in [-0.2, -0.15) is 0 Å². The van der Waals surface area contributed by atoms with Gasteiger partial charge in [0.1, 0.15) is 0 Å². The highest BCUT2D eigenvalue weighted by Crippen LogP contribution is 2.06. The summed E-state index contributed by atoms with van der Waals surface area (Å²) >= 11 is 0. The van der Waals surface area contributed by atoms with Crippen LogP contribution in [-0.4, -0.2) is 25.0 Å². The van der Waals surface area contributed by atoms with Crippen LogP contribution in [0.5, 0.6) is 0 Å². The second-order valence-electron chi connectivity index (χ2n) is 3.94. The maximum absolute atomic E-state index is 11.8. The largest absolute Gasteiger partial charge is 0.469 e. The fraction of sp³-hybridized carbons (Fsp3) is 0.385. The highest BCUT2D eigenvalue weighted by Gasteiger charge is 2.22. The Bertz CT molecular complexity index is 389. The Morgan fingerprint density at radius 3 is 2.29 bits per heavy atom. The average molecular weight is 235 g/mol. The number of amides is 1. The summed E-state index contributed by atoms with van der Waals surface area (Å²) in [5.74, 6) is -0.882. The van der Waals surface area contributed by atoms with Gasteiger partial charge in [-0.3, -0.25) is 9.59 Å². The molecule has 0 unspecified atom stereocenters. The zero-order valence-corrected chi connectivity index (χ0v) is 10.3. The molecule has 0 fully saturated rings. The molecule has 0 radical (unpaired) electrons. The molecule has 4 nitrogen and oxygen atoms in total. The van der Waals surface area contributed by atoms with Gasteiger partial charge in [0.15, 0.2) is 0 Å². The number of benzene rings is 1. The minimum absolute atomic E-state index is 0.186. The normalized spacial score (nSPS) is 13.6. The molecule has 0 heterocycles. The minimum Gasteiger partial charge on any atom is -0.469 e. The van der Waals surface area contributed by atoms with Crippen molar-refractivity contribution in [2.45, 2.75) is 19.9 Å². The van der Waals surface area contributed by atoms with Crippen LogP contribution >= 0.6 is 0 Å². The van der Waals surface area contributed by atoms with E-state index in [4.69, 9.17) is 0 Å². The maximum Gasteiger partial charge on any atom is 0.310 e. The number of ether oxygens (including phenoxy) is 1. The van der Waals surface area contributed by atoms with Crippen LogP contribution in [0.4, 0.5) is 0 Å². The zero-order valence-electron chi connectivity index (χ0n) is 10.3. The van der Waals surface area contributed by atoms with Crippen molar-refractivity contribution >= 4 is 11.9 Å². The fourth-order valence-electron chi connectivity index (χ4n) is 1.39. The van der Waals surface area contributed by atoms with Gasteiger partial charge in [-0.05, 0) is 26.0 Å². The van der Waals surface area contributed by atoms with Gasteiger partial charge in [-0.1, -0.05) is 18.2 Å². The number of hydrogen-bond donors (Lipinski definition) is 1. The van der Waals surface area contributed by atoms with Crippen LogP contribution in [0.3, 0.4) is 0 Å². The first-order chi connectivity index (χ1) is 8.06. The van der Waals surface area contributed by atoms with Crippen molar-refractivity contribution < 1.29 is 14.3 Å². The third-order valence-electron chi connectivity index (χ3n) is 2.72. The molecule has 0 aromatic heterocycles. The lowest BCUT2D eigenvalue weighted by Crippen LogP contribution is -2.40. The summed E-state index contributed by atoms with van der Waals surface area (Å²) in [5, 5.41) is 2.77. The smallest absolute Gasteiger partial charge is 0.310 e. The first-order valence-corrected chi connectivity index (χ1v) is 5.50. The molecular weight excluding hydrogens is 218 g/mol. The van der Waals surface area contributed by atoms with E-state index in [9.17, 15) is 9.59 Å². The number of methoxy groups -OCH3 is 1. The van der Waals surface area contributed by atoms with E-state index in [-0.39, 0.29) is 23.8 Å². The number of carbonyl (C=O) groups is 2. The van der Waals surface area contributed by atoms with E-state index in [2.05, 4.69) is 10.1 Å². The van der Waals surface area contributed by atoms with E-state index in [0.717, 1.165) is 0 Å². The van der Waals surface area contributed by atoms with Crippen molar-refractivity contribution in [1.29, 1.82) is 0 Å². The number of esters is 1. The lowest BCUT2D eigenvalue weighted by molar-refractivity contribution is -0.145. The molecule has 1 aromatic rings. The predicted octanol–water partition coefficient (Wildman–Crippen LogP) is 1.61.